The summed E-state index contributed by atoms with van der Waals surface area (Å²) in [6, 6.07) is 18.0. The number of rotatable bonds is 2. The number of Topliss-reactive ketones (excluding diaryl/α,β-unsaturated/α-hetero) is 1. The topological polar surface area (TPSA) is 22.0 Å². The molecule has 0 radical (unpaired) electrons. The molecule has 0 saturated carbocycles. The van der Waals surface area contributed by atoms with Gasteiger partial charge in [-0.3, -0.25) is 4.79 Å². The Balaban J connectivity index is 2.34. The summed E-state index contributed by atoms with van der Waals surface area (Å²) < 4.78 is 2.06. The van der Waals surface area contributed by atoms with E-state index in [1.54, 1.807) is 6.92 Å². The van der Waals surface area contributed by atoms with Gasteiger partial charge in [0.05, 0.1) is 5.52 Å². The van der Waals surface area contributed by atoms with Crippen LogP contribution in [0.15, 0.2) is 60.8 Å². The zero-order valence-electron chi connectivity index (χ0n) is 10.1. The average Bonchev–Trinajstić information content (AvgIpc) is 2.79. The van der Waals surface area contributed by atoms with E-state index in [1.807, 2.05) is 60.8 Å². The molecular formula is C16H13NO. The molecule has 2 nitrogen and oxygen atoms in total. The standard InChI is InChI=1S/C16H13NO/c1-12(18)15-11-17(13-7-3-2-4-8-13)16-10-6-5-9-14(15)16/h2-11H,1H3. The van der Waals surface area contributed by atoms with Gasteiger partial charge >= 0.3 is 0 Å². The van der Waals surface area contributed by atoms with Crippen molar-refractivity contribution in [2.24, 2.45) is 0 Å². The number of aromatic nitrogens is 1. The first kappa shape index (κ1) is 10.8. The number of carbonyl (C=O) groups excluding carboxylic acids is 1. The lowest BCUT2D eigenvalue weighted by Gasteiger charge is -2.04. The molecular weight excluding hydrogens is 222 g/mol. The lowest BCUT2D eigenvalue weighted by molar-refractivity contribution is 0.101. The highest BCUT2D eigenvalue weighted by Crippen LogP contribution is 2.24. The smallest absolute Gasteiger partial charge is 0.161 e. The fraction of sp³-hybridized carbons (Fsp3) is 0.0625. The summed E-state index contributed by atoms with van der Waals surface area (Å²) in [6.07, 6.45) is 1.92. The van der Waals surface area contributed by atoms with Crippen LogP contribution in [0.5, 0.6) is 0 Å². The molecule has 0 bridgehead atoms. The molecule has 2 aromatic carbocycles. The summed E-state index contributed by atoms with van der Waals surface area (Å²) in [6.45, 7) is 1.61. The first-order chi connectivity index (χ1) is 8.77. The molecule has 0 saturated heterocycles. The van der Waals surface area contributed by atoms with Crippen molar-refractivity contribution in [2.75, 3.05) is 0 Å². The van der Waals surface area contributed by atoms with E-state index in [2.05, 4.69) is 4.57 Å². The minimum Gasteiger partial charge on any atom is -0.316 e. The van der Waals surface area contributed by atoms with Gasteiger partial charge in [-0.15, -0.1) is 0 Å². The Morgan fingerprint density at radius 2 is 1.61 bits per heavy atom. The van der Waals surface area contributed by atoms with E-state index >= 15 is 0 Å². The Morgan fingerprint density at radius 1 is 0.944 bits per heavy atom. The second-order valence-corrected chi connectivity index (χ2v) is 4.32. The molecule has 0 spiro atoms. The first-order valence-corrected chi connectivity index (χ1v) is 5.94. The maximum atomic E-state index is 11.7. The molecule has 0 aliphatic rings. The first-order valence-electron chi connectivity index (χ1n) is 5.94. The van der Waals surface area contributed by atoms with Crippen LogP contribution in [0.3, 0.4) is 0 Å². The Bertz CT molecular complexity index is 710. The highest BCUT2D eigenvalue weighted by molar-refractivity contribution is 6.07. The third kappa shape index (κ3) is 1.63. The maximum Gasteiger partial charge on any atom is 0.161 e. The molecule has 18 heavy (non-hydrogen) atoms. The third-order valence-electron chi connectivity index (χ3n) is 3.13. The van der Waals surface area contributed by atoms with Crippen molar-refractivity contribution >= 4 is 16.7 Å². The van der Waals surface area contributed by atoms with E-state index < -0.39 is 0 Å². The molecule has 3 rings (SSSR count). The monoisotopic (exact) mass is 235 g/mol. The van der Waals surface area contributed by atoms with Crippen molar-refractivity contribution in [1.82, 2.24) is 4.57 Å². The van der Waals surface area contributed by atoms with Gasteiger partial charge in [0.25, 0.3) is 0 Å². The number of hydrogen-bond acceptors (Lipinski definition) is 1. The summed E-state index contributed by atoms with van der Waals surface area (Å²) in [4.78, 5) is 11.7. The van der Waals surface area contributed by atoms with Crippen molar-refractivity contribution in [1.29, 1.82) is 0 Å². The second kappa shape index (κ2) is 4.15. The van der Waals surface area contributed by atoms with Crippen LogP contribution >= 0.6 is 0 Å². The average molecular weight is 235 g/mol. The molecule has 1 aromatic heterocycles. The third-order valence-corrected chi connectivity index (χ3v) is 3.13. The van der Waals surface area contributed by atoms with Gasteiger partial charge in [-0.1, -0.05) is 36.4 Å². The van der Waals surface area contributed by atoms with E-state index in [0.29, 0.717) is 0 Å². The molecule has 1 heterocycles. The van der Waals surface area contributed by atoms with Gasteiger partial charge in [-0.2, -0.15) is 0 Å². The van der Waals surface area contributed by atoms with Crippen molar-refractivity contribution in [3.05, 3.63) is 66.4 Å². The molecule has 0 fully saturated rings. The lowest BCUT2D eigenvalue weighted by atomic mass is 10.1. The molecule has 0 aliphatic heterocycles. The summed E-state index contributed by atoms with van der Waals surface area (Å²) in [5.41, 5.74) is 2.91. The van der Waals surface area contributed by atoms with Gasteiger partial charge in [0.15, 0.2) is 5.78 Å². The lowest BCUT2D eigenvalue weighted by Crippen LogP contribution is -1.92. The van der Waals surface area contributed by atoms with Crippen LogP contribution in [0.1, 0.15) is 17.3 Å². The molecule has 2 heteroatoms. The Hall–Kier alpha value is -2.35. The summed E-state index contributed by atoms with van der Waals surface area (Å²) in [5.74, 6) is 0.0980. The van der Waals surface area contributed by atoms with E-state index in [1.165, 1.54) is 0 Å². The Labute approximate surface area is 105 Å². The predicted molar refractivity (Wildman–Crippen MR) is 73.3 cm³/mol. The van der Waals surface area contributed by atoms with Crippen LogP contribution < -0.4 is 0 Å². The van der Waals surface area contributed by atoms with E-state index in [9.17, 15) is 4.79 Å². The van der Waals surface area contributed by atoms with Gasteiger partial charge in [0, 0.05) is 22.8 Å². The second-order valence-electron chi connectivity index (χ2n) is 4.32. The summed E-state index contributed by atoms with van der Waals surface area (Å²) >= 11 is 0. The van der Waals surface area contributed by atoms with Crippen LogP contribution in [0, 0.1) is 0 Å². The van der Waals surface area contributed by atoms with Gasteiger partial charge in [-0.05, 0) is 25.1 Å². The van der Waals surface area contributed by atoms with E-state index in [4.69, 9.17) is 0 Å². The minimum absolute atomic E-state index is 0.0980. The molecule has 88 valence electrons. The van der Waals surface area contributed by atoms with Gasteiger partial charge < -0.3 is 4.57 Å². The Morgan fingerprint density at radius 3 is 2.33 bits per heavy atom. The number of nitrogens with zero attached hydrogens (tertiary/aromatic N) is 1. The summed E-state index contributed by atoms with van der Waals surface area (Å²) in [5, 5.41) is 1.01. The van der Waals surface area contributed by atoms with Crippen molar-refractivity contribution in [2.45, 2.75) is 6.92 Å². The van der Waals surface area contributed by atoms with E-state index in [-0.39, 0.29) is 5.78 Å². The predicted octanol–water partition coefficient (Wildman–Crippen LogP) is 3.83. The van der Waals surface area contributed by atoms with Gasteiger partial charge in [0.2, 0.25) is 0 Å². The molecule has 3 aromatic rings. The zero-order chi connectivity index (χ0) is 12.5. The largest absolute Gasteiger partial charge is 0.316 e. The minimum atomic E-state index is 0.0980. The van der Waals surface area contributed by atoms with Crippen LogP contribution in [0.4, 0.5) is 0 Å². The number of hydrogen-bond donors (Lipinski definition) is 0. The zero-order valence-corrected chi connectivity index (χ0v) is 10.1. The van der Waals surface area contributed by atoms with E-state index in [0.717, 1.165) is 22.2 Å². The maximum absolute atomic E-state index is 11.7. The van der Waals surface area contributed by atoms with Gasteiger partial charge in [0.1, 0.15) is 0 Å². The van der Waals surface area contributed by atoms with Gasteiger partial charge in [-0.25, -0.2) is 0 Å². The number of fused-ring (bicyclic) bond motifs is 1. The number of para-hydroxylation sites is 2. The van der Waals surface area contributed by atoms with Crippen molar-refractivity contribution in [3.8, 4) is 5.69 Å². The van der Waals surface area contributed by atoms with Crippen LogP contribution in [-0.4, -0.2) is 10.4 Å². The number of ketones is 1. The highest BCUT2D eigenvalue weighted by Gasteiger charge is 2.11. The highest BCUT2D eigenvalue weighted by atomic mass is 16.1. The fourth-order valence-corrected chi connectivity index (χ4v) is 2.26. The Kier molecular flexibility index (Phi) is 2.49. The fourth-order valence-electron chi connectivity index (χ4n) is 2.26. The molecule has 0 amide bonds. The summed E-state index contributed by atoms with van der Waals surface area (Å²) in [7, 11) is 0. The van der Waals surface area contributed by atoms with Crippen LogP contribution in [0.2, 0.25) is 0 Å². The molecule has 0 aliphatic carbocycles. The molecule has 0 unspecified atom stereocenters. The van der Waals surface area contributed by atoms with Crippen LogP contribution in [-0.2, 0) is 0 Å². The quantitative estimate of drug-likeness (QED) is 0.619. The van der Waals surface area contributed by atoms with Crippen molar-refractivity contribution < 1.29 is 4.79 Å². The molecule has 0 N–H and O–H groups in total. The van der Waals surface area contributed by atoms with Crippen LogP contribution in [0.25, 0.3) is 16.6 Å². The normalized spacial score (nSPS) is 10.7. The van der Waals surface area contributed by atoms with Crippen molar-refractivity contribution in [3.63, 3.8) is 0 Å². The number of carbonyl (C=O) groups is 1. The SMILES string of the molecule is CC(=O)c1cn(-c2ccccc2)c2ccccc12. The molecule has 0 atom stereocenters. The number of benzene rings is 2.